The highest BCUT2D eigenvalue weighted by Gasteiger charge is 2.33. The number of amides is 2. The van der Waals surface area contributed by atoms with Gasteiger partial charge < -0.3 is 10.6 Å². The summed E-state index contributed by atoms with van der Waals surface area (Å²) in [6.07, 6.45) is -0.299. The summed E-state index contributed by atoms with van der Waals surface area (Å²) in [6.45, 7) is 1.68. The zero-order valence-electron chi connectivity index (χ0n) is 18.6. The molecule has 0 fully saturated rings. The number of nitrogens with one attached hydrogen (secondary N) is 2. The van der Waals surface area contributed by atoms with Gasteiger partial charge >= 0.3 is 6.18 Å². The van der Waals surface area contributed by atoms with Gasteiger partial charge in [0.05, 0.1) is 11.4 Å². The van der Waals surface area contributed by atoms with Gasteiger partial charge in [0, 0.05) is 29.7 Å². The highest BCUT2D eigenvalue weighted by atomic mass is 19.4. The average molecular weight is 495 g/mol. The van der Waals surface area contributed by atoms with E-state index in [-0.39, 0.29) is 11.3 Å². The molecule has 2 amide bonds. The summed E-state index contributed by atoms with van der Waals surface area (Å²) in [5.41, 5.74) is 1.25. The fourth-order valence-electron chi connectivity index (χ4n) is 3.49. The lowest BCUT2D eigenvalue weighted by Gasteiger charge is -2.13. The maximum absolute atomic E-state index is 14.7. The van der Waals surface area contributed by atoms with Gasteiger partial charge in [0.1, 0.15) is 17.3 Å². The Morgan fingerprint density at radius 1 is 0.917 bits per heavy atom. The van der Waals surface area contributed by atoms with E-state index in [0.29, 0.717) is 46.2 Å². The van der Waals surface area contributed by atoms with Gasteiger partial charge in [-0.3, -0.25) is 19.6 Å². The summed E-state index contributed by atoms with van der Waals surface area (Å²) in [5.74, 6) is -1.33. The monoisotopic (exact) mass is 495 g/mol. The first-order valence-corrected chi connectivity index (χ1v) is 10.4. The minimum absolute atomic E-state index is 0.203. The van der Waals surface area contributed by atoms with Crippen LogP contribution in [0.25, 0.3) is 22.4 Å². The summed E-state index contributed by atoms with van der Waals surface area (Å²) in [6, 6.07) is 11.1. The number of halogens is 4. The van der Waals surface area contributed by atoms with E-state index in [1.165, 1.54) is 18.3 Å². The second-order valence-electron chi connectivity index (χ2n) is 7.65. The summed E-state index contributed by atoms with van der Waals surface area (Å²) >= 11 is 0. The molecule has 11 heteroatoms. The van der Waals surface area contributed by atoms with E-state index in [9.17, 15) is 27.2 Å². The fraction of sp³-hybridized carbons (Fsp3) is 0.0800. The number of alkyl halides is 3. The summed E-state index contributed by atoms with van der Waals surface area (Å²) in [4.78, 5) is 34.9. The molecule has 0 saturated heterocycles. The number of hydrogen-bond acceptors (Lipinski definition) is 5. The van der Waals surface area contributed by atoms with E-state index in [1.807, 2.05) is 0 Å². The van der Waals surface area contributed by atoms with Crippen molar-refractivity contribution >= 4 is 23.8 Å². The van der Waals surface area contributed by atoms with Crippen LogP contribution < -0.4 is 10.6 Å². The Labute approximate surface area is 202 Å². The normalized spacial score (nSPS) is 11.1. The molecule has 0 saturated carbocycles. The highest BCUT2D eigenvalue weighted by molar-refractivity contribution is 6.04. The molecule has 0 aliphatic carbocycles. The molecule has 1 aromatic carbocycles. The maximum Gasteiger partial charge on any atom is 0.433 e. The lowest BCUT2D eigenvalue weighted by molar-refractivity contribution is -0.141. The van der Waals surface area contributed by atoms with Crippen molar-refractivity contribution in [2.45, 2.75) is 13.1 Å². The molecule has 36 heavy (non-hydrogen) atoms. The smallest absolute Gasteiger partial charge is 0.319 e. The topological polar surface area (TPSA) is 96.9 Å². The SMILES string of the molecule is Cc1cc(F)c(NC(=O)c2ccnc(C(F)(F)F)c2)cc1-c1ccnc(-c2ccnc(NC=O)c2)c1. The zero-order valence-corrected chi connectivity index (χ0v) is 18.6. The van der Waals surface area contributed by atoms with Crippen LogP contribution in [0.3, 0.4) is 0 Å². The Morgan fingerprint density at radius 3 is 2.39 bits per heavy atom. The minimum Gasteiger partial charge on any atom is -0.319 e. The molecule has 3 aromatic heterocycles. The molecule has 0 aliphatic heterocycles. The van der Waals surface area contributed by atoms with Crippen LogP contribution in [0, 0.1) is 12.7 Å². The van der Waals surface area contributed by atoms with Gasteiger partial charge in [0.15, 0.2) is 0 Å². The van der Waals surface area contributed by atoms with Gasteiger partial charge in [-0.2, -0.15) is 13.2 Å². The Kier molecular flexibility index (Phi) is 6.73. The Hall–Kier alpha value is -4.67. The van der Waals surface area contributed by atoms with Crippen LogP contribution in [0.1, 0.15) is 21.6 Å². The standard InChI is InChI=1S/C25H17F4N5O2/c1-14-8-19(26)21(34-24(36)17-4-6-31-22(10-17)25(27,28)29)12-18(14)15-2-5-30-20(9-15)16-3-7-32-23(11-16)33-13-35/h2-13H,1H3,(H,34,36)(H,32,33,35). The molecule has 2 N–H and O–H groups in total. The number of aromatic nitrogens is 3. The van der Waals surface area contributed by atoms with E-state index >= 15 is 0 Å². The van der Waals surface area contributed by atoms with Crippen molar-refractivity contribution in [1.82, 2.24) is 15.0 Å². The maximum atomic E-state index is 14.7. The number of anilines is 2. The van der Waals surface area contributed by atoms with Gasteiger partial charge in [-0.15, -0.1) is 0 Å². The van der Waals surface area contributed by atoms with E-state index in [4.69, 9.17) is 0 Å². The number of pyridine rings is 3. The quantitative estimate of drug-likeness (QED) is 0.272. The van der Waals surface area contributed by atoms with Gasteiger partial charge in [0.2, 0.25) is 6.41 Å². The zero-order chi connectivity index (χ0) is 25.9. The van der Waals surface area contributed by atoms with Crippen LogP contribution in [-0.2, 0) is 11.0 Å². The summed E-state index contributed by atoms with van der Waals surface area (Å²) in [7, 11) is 0. The number of nitrogens with zero attached hydrogens (tertiary/aromatic N) is 3. The van der Waals surface area contributed by atoms with Crippen molar-refractivity contribution in [1.29, 1.82) is 0 Å². The lowest BCUT2D eigenvalue weighted by atomic mass is 9.98. The van der Waals surface area contributed by atoms with Crippen molar-refractivity contribution in [3.8, 4) is 22.4 Å². The molecule has 3 heterocycles. The molecule has 0 aliphatic rings. The van der Waals surface area contributed by atoms with E-state index < -0.39 is 23.6 Å². The van der Waals surface area contributed by atoms with Gasteiger partial charge in [-0.25, -0.2) is 9.37 Å². The Morgan fingerprint density at radius 2 is 1.64 bits per heavy atom. The van der Waals surface area contributed by atoms with Gasteiger partial charge in [-0.05, 0) is 72.1 Å². The summed E-state index contributed by atoms with van der Waals surface area (Å²) in [5, 5.41) is 4.80. The van der Waals surface area contributed by atoms with Crippen molar-refractivity contribution in [3.05, 3.63) is 89.8 Å². The lowest BCUT2D eigenvalue weighted by Crippen LogP contribution is -2.16. The first-order valence-electron chi connectivity index (χ1n) is 10.4. The average Bonchev–Trinajstić information content (AvgIpc) is 2.85. The van der Waals surface area contributed by atoms with Crippen LogP contribution in [0.2, 0.25) is 0 Å². The van der Waals surface area contributed by atoms with Crippen molar-refractivity contribution in [2.75, 3.05) is 10.6 Å². The molecule has 7 nitrogen and oxygen atoms in total. The number of benzene rings is 1. The molecule has 4 aromatic rings. The first kappa shape index (κ1) is 24.5. The minimum atomic E-state index is -4.73. The second kappa shape index (κ2) is 9.90. The summed E-state index contributed by atoms with van der Waals surface area (Å²) < 4.78 is 53.5. The van der Waals surface area contributed by atoms with Crippen LogP contribution in [0.5, 0.6) is 0 Å². The predicted molar refractivity (Wildman–Crippen MR) is 124 cm³/mol. The van der Waals surface area contributed by atoms with Crippen LogP contribution in [-0.4, -0.2) is 27.3 Å². The van der Waals surface area contributed by atoms with E-state index in [0.717, 1.165) is 12.3 Å². The Bertz CT molecular complexity index is 1460. The van der Waals surface area contributed by atoms with Crippen molar-refractivity contribution < 1.29 is 27.2 Å². The molecule has 182 valence electrons. The highest BCUT2D eigenvalue weighted by Crippen LogP contribution is 2.32. The predicted octanol–water partition coefficient (Wildman–Crippen LogP) is 5.49. The third kappa shape index (κ3) is 5.35. The molecule has 4 rings (SSSR count). The van der Waals surface area contributed by atoms with Crippen molar-refractivity contribution in [2.24, 2.45) is 0 Å². The molecule has 0 unspecified atom stereocenters. The van der Waals surface area contributed by atoms with E-state index in [2.05, 4.69) is 25.6 Å². The molecule has 0 spiro atoms. The fourth-order valence-corrected chi connectivity index (χ4v) is 3.49. The van der Waals surface area contributed by atoms with Crippen LogP contribution in [0.4, 0.5) is 29.1 Å². The van der Waals surface area contributed by atoms with Gasteiger partial charge in [0.25, 0.3) is 5.91 Å². The number of aryl methyl sites for hydroxylation is 1. The number of carbonyl (C=O) groups excluding carboxylic acids is 2. The Balaban J connectivity index is 1.66. The molecule has 0 atom stereocenters. The third-order valence-electron chi connectivity index (χ3n) is 5.21. The number of hydrogen-bond donors (Lipinski definition) is 2. The number of carbonyl (C=O) groups is 2. The first-order chi connectivity index (χ1) is 17.2. The molecule has 0 radical (unpaired) electrons. The number of rotatable bonds is 6. The molecular weight excluding hydrogens is 478 g/mol. The van der Waals surface area contributed by atoms with E-state index in [1.54, 1.807) is 37.4 Å². The third-order valence-corrected chi connectivity index (χ3v) is 5.21. The van der Waals surface area contributed by atoms with Crippen LogP contribution >= 0.6 is 0 Å². The van der Waals surface area contributed by atoms with Crippen LogP contribution in [0.15, 0.2) is 67.1 Å². The molecule has 0 bridgehead atoms. The van der Waals surface area contributed by atoms with Gasteiger partial charge in [-0.1, -0.05) is 0 Å². The second-order valence-corrected chi connectivity index (χ2v) is 7.65. The largest absolute Gasteiger partial charge is 0.433 e. The van der Waals surface area contributed by atoms with Crippen molar-refractivity contribution in [3.63, 3.8) is 0 Å². The molecular formula is C25H17F4N5O2.